The molecule has 2 heterocycles. The second kappa shape index (κ2) is 5.90. The smallest absolute Gasteiger partial charge is 0.287 e. The molecule has 1 atom stereocenters. The van der Waals surface area contributed by atoms with Gasteiger partial charge in [0, 0.05) is 20.1 Å². The normalized spacial score (nSPS) is 18.2. The number of hydrogen-bond acceptors (Lipinski definition) is 3. The van der Waals surface area contributed by atoms with Gasteiger partial charge in [-0.25, -0.2) is 4.68 Å². The molecular weight excluding hydrogens is 286 g/mol. The van der Waals surface area contributed by atoms with Crippen LogP contribution in [0.15, 0.2) is 41.3 Å². The maximum atomic E-state index is 11.9. The van der Waals surface area contributed by atoms with Gasteiger partial charge >= 0.3 is 0 Å². The third-order valence-corrected chi connectivity index (χ3v) is 4.41. The van der Waals surface area contributed by atoms with Gasteiger partial charge in [0.2, 0.25) is 0 Å². The van der Waals surface area contributed by atoms with E-state index in [1.807, 2.05) is 6.07 Å². The van der Waals surface area contributed by atoms with Crippen molar-refractivity contribution in [2.24, 2.45) is 13.0 Å². The first-order valence-corrected chi connectivity index (χ1v) is 7.53. The van der Waals surface area contributed by atoms with E-state index >= 15 is 0 Å². The first-order chi connectivity index (χ1) is 10.1. The molecule has 0 aliphatic carbocycles. The van der Waals surface area contributed by atoms with Crippen molar-refractivity contribution in [2.75, 3.05) is 18.0 Å². The Kier molecular flexibility index (Phi) is 3.97. The molecule has 1 unspecified atom stereocenters. The number of anilines is 1. The summed E-state index contributed by atoms with van der Waals surface area (Å²) in [4.78, 5) is 14.0. The molecule has 1 saturated heterocycles. The molecule has 1 aromatic heterocycles. The van der Waals surface area contributed by atoms with Crippen LogP contribution in [0.1, 0.15) is 12.0 Å². The van der Waals surface area contributed by atoms with Crippen LogP contribution in [0.5, 0.6) is 0 Å². The Bertz CT molecular complexity index is 684. The average Bonchev–Trinajstić information content (AvgIpc) is 2.94. The van der Waals surface area contributed by atoms with Crippen molar-refractivity contribution in [1.82, 2.24) is 9.78 Å². The molecule has 1 aliphatic rings. The second-order valence-corrected chi connectivity index (χ2v) is 5.94. The Labute approximate surface area is 129 Å². The first-order valence-electron chi connectivity index (χ1n) is 7.16. The predicted octanol–water partition coefficient (Wildman–Crippen LogP) is 2.50. The summed E-state index contributed by atoms with van der Waals surface area (Å²) >= 11 is 6.17. The summed E-state index contributed by atoms with van der Waals surface area (Å²) in [6.07, 6.45) is 3.86. The molecule has 4 nitrogen and oxygen atoms in total. The molecule has 1 fully saturated rings. The number of hydrogen-bond donors (Lipinski definition) is 0. The highest BCUT2D eigenvalue weighted by Crippen LogP contribution is 2.28. The monoisotopic (exact) mass is 303 g/mol. The fourth-order valence-corrected chi connectivity index (χ4v) is 3.18. The molecule has 0 spiro atoms. The standard InChI is InChI=1S/C16H18ClN3O/c1-19-16(21)15(17)14(10-18-19)20-8-7-13(11-20)9-12-5-3-2-4-6-12/h2-6,10,13H,7-9,11H2,1H3. The molecular formula is C16H18ClN3O. The van der Waals surface area contributed by atoms with E-state index in [1.54, 1.807) is 13.2 Å². The van der Waals surface area contributed by atoms with Crippen LogP contribution in [-0.2, 0) is 13.5 Å². The van der Waals surface area contributed by atoms with Gasteiger partial charge < -0.3 is 4.90 Å². The third kappa shape index (κ3) is 2.95. The lowest BCUT2D eigenvalue weighted by atomic mass is 9.99. The van der Waals surface area contributed by atoms with Crippen LogP contribution in [0.25, 0.3) is 0 Å². The summed E-state index contributed by atoms with van der Waals surface area (Å²) in [7, 11) is 1.61. The van der Waals surface area contributed by atoms with E-state index in [0.717, 1.165) is 31.6 Å². The maximum Gasteiger partial charge on any atom is 0.287 e. The molecule has 5 heteroatoms. The van der Waals surface area contributed by atoms with Gasteiger partial charge in [0.1, 0.15) is 5.02 Å². The Morgan fingerprint density at radius 3 is 2.86 bits per heavy atom. The maximum absolute atomic E-state index is 11.9. The highest BCUT2D eigenvalue weighted by Gasteiger charge is 2.25. The molecule has 0 N–H and O–H groups in total. The lowest BCUT2D eigenvalue weighted by Crippen LogP contribution is -2.26. The summed E-state index contributed by atoms with van der Waals surface area (Å²) in [5, 5.41) is 4.34. The number of aromatic nitrogens is 2. The number of aryl methyl sites for hydroxylation is 1. The molecule has 2 aromatic rings. The fraction of sp³-hybridized carbons (Fsp3) is 0.375. The highest BCUT2D eigenvalue weighted by atomic mass is 35.5. The SMILES string of the molecule is Cn1ncc(N2CCC(Cc3ccccc3)C2)c(Cl)c1=O. The van der Waals surface area contributed by atoms with Crippen LogP contribution >= 0.6 is 11.6 Å². The van der Waals surface area contributed by atoms with Crippen LogP contribution in [0.4, 0.5) is 5.69 Å². The van der Waals surface area contributed by atoms with Crippen LogP contribution in [0.3, 0.4) is 0 Å². The summed E-state index contributed by atoms with van der Waals surface area (Å²) in [6, 6.07) is 10.5. The van der Waals surface area contributed by atoms with Gasteiger partial charge in [0.05, 0.1) is 11.9 Å². The molecule has 1 aliphatic heterocycles. The molecule has 1 aromatic carbocycles. The zero-order chi connectivity index (χ0) is 14.8. The summed E-state index contributed by atoms with van der Waals surface area (Å²) in [5.74, 6) is 0.590. The Hall–Kier alpha value is -1.81. The van der Waals surface area contributed by atoms with Crippen molar-refractivity contribution in [3.05, 3.63) is 57.5 Å². The van der Waals surface area contributed by atoms with Crippen molar-refractivity contribution < 1.29 is 0 Å². The van der Waals surface area contributed by atoms with E-state index in [1.165, 1.54) is 10.2 Å². The van der Waals surface area contributed by atoms with Gasteiger partial charge in [-0.3, -0.25) is 4.79 Å². The predicted molar refractivity (Wildman–Crippen MR) is 85.0 cm³/mol. The highest BCUT2D eigenvalue weighted by molar-refractivity contribution is 6.33. The molecule has 0 radical (unpaired) electrons. The van der Waals surface area contributed by atoms with Crippen LogP contribution in [-0.4, -0.2) is 22.9 Å². The number of halogens is 1. The van der Waals surface area contributed by atoms with E-state index in [2.05, 4.69) is 34.3 Å². The summed E-state index contributed by atoms with van der Waals surface area (Å²) in [5.41, 5.74) is 1.88. The van der Waals surface area contributed by atoms with Gasteiger partial charge in [0.25, 0.3) is 5.56 Å². The molecule has 110 valence electrons. The topological polar surface area (TPSA) is 38.1 Å². The van der Waals surface area contributed by atoms with E-state index in [-0.39, 0.29) is 10.6 Å². The van der Waals surface area contributed by atoms with Crippen LogP contribution in [0, 0.1) is 5.92 Å². The lowest BCUT2D eigenvalue weighted by Gasteiger charge is -2.19. The first kappa shape index (κ1) is 14.1. The minimum absolute atomic E-state index is 0.235. The van der Waals surface area contributed by atoms with Gasteiger partial charge in [-0.1, -0.05) is 41.9 Å². The van der Waals surface area contributed by atoms with Gasteiger partial charge in [-0.15, -0.1) is 0 Å². The van der Waals surface area contributed by atoms with E-state index in [9.17, 15) is 4.79 Å². The van der Waals surface area contributed by atoms with Crippen molar-refractivity contribution >= 4 is 17.3 Å². The van der Waals surface area contributed by atoms with E-state index < -0.39 is 0 Å². The summed E-state index contributed by atoms with van der Waals surface area (Å²) in [6.45, 7) is 1.84. The Morgan fingerprint density at radius 1 is 1.33 bits per heavy atom. The second-order valence-electron chi connectivity index (χ2n) is 5.56. The van der Waals surface area contributed by atoms with Crippen molar-refractivity contribution in [2.45, 2.75) is 12.8 Å². The largest absolute Gasteiger partial charge is 0.369 e. The quantitative estimate of drug-likeness (QED) is 0.874. The Balaban J connectivity index is 1.73. The average molecular weight is 304 g/mol. The Morgan fingerprint density at radius 2 is 2.10 bits per heavy atom. The minimum atomic E-state index is -0.235. The molecule has 3 rings (SSSR count). The van der Waals surface area contributed by atoms with E-state index in [0.29, 0.717) is 5.92 Å². The van der Waals surface area contributed by atoms with Crippen molar-refractivity contribution in [1.29, 1.82) is 0 Å². The van der Waals surface area contributed by atoms with Gasteiger partial charge in [-0.05, 0) is 24.3 Å². The summed E-state index contributed by atoms with van der Waals surface area (Å²) < 4.78 is 1.27. The minimum Gasteiger partial charge on any atom is -0.369 e. The van der Waals surface area contributed by atoms with Gasteiger partial charge in [-0.2, -0.15) is 5.10 Å². The van der Waals surface area contributed by atoms with Crippen molar-refractivity contribution in [3.8, 4) is 0 Å². The molecule has 21 heavy (non-hydrogen) atoms. The van der Waals surface area contributed by atoms with Crippen LogP contribution in [0.2, 0.25) is 5.02 Å². The molecule has 0 saturated carbocycles. The number of nitrogens with zero attached hydrogens (tertiary/aromatic N) is 3. The number of benzene rings is 1. The molecule has 0 amide bonds. The van der Waals surface area contributed by atoms with Crippen molar-refractivity contribution in [3.63, 3.8) is 0 Å². The molecule has 0 bridgehead atoms. The fourth-order valence-electron chi connectivity index (χ4n) is 2.89. The van der Waals surface area contributed by atoms with Crippen LogP contribution < -0.4 is 10.5 Å². The van der Waals surface area contributed by atoms with Gasteiger partial charge in [0.15, 0.2) is 0 Å². The number of rotatable bonds is 3. The third-order valence-electron chi connectivity index (χ3n) is 4.05. The lowest BCUT2D eigenvalue weighted by molar-refractivity contribution is 0.586. The zero-order valence-electron chi connectivity index (χ0n) is 12.0. The van der Waals surface area contributed by atoms with E-state index in [4.69, 9.17) is 11.6 Å². The zero-order valence-corrected chi connectivity index (χ0v) is 12.8.